The number of halogens is 3. The van der Waals surface area contributed by atoms with Crippen LogP contribution in [0.5, 0.6) is 0 Å². The van der Waals surface area contributed by atoms with Crippen molar-refractivity contribution in [2.24, 2.45) is 0 Å². The third kappa shape index (κ3) is 3.50. The molecule has 0 spiro atoms. The smallest absolute Gasteiger partial charge is 0.225 e. The molecular weight excluding hydrogens is 494 g/mol. The van der Waals surface area contributed by atoms with E-state index in [1.165, 1.54) is 3.58 Å². The van der Waals surface area contributed by atoms with Crippen molar-refractivity contribution >= 4 is 51.7 Å². The monoisotopic (exact) mass is 510 g/mol. The second kappa shape index (κ2) is 7.49. The molecule has 4 rings (SSSR count). The SMILES string of the molecule is CC(=O)N1C2=CC=C(I)CN2[C@H](c2ccc(Cl)cc2)[C@@H]1c1ccc(Cl)cc1. The van der Waals surface area contributed by atoms with E-state index in [4.69, 9.17) is 23.2 Å². The predicted molar refractivity (Wildman–Crippen MR) is 118 cm³/mol. The third-order valence-electron chi connectivity index (χ3n) is 4.95. The van der Waals surface area contributed by atoms with E-state index in [2.05, 4.69) is 33.6 Å². The van der Waals surface area contributed by atoms with Gasteiger partial charge in [0.15, 0.2) is 0 Å². The van der Waals surface area contributed by atoms with Crippen LogP contribution in [-0.4, -0.2) is 22.3 Å². The summed E-state index contributed by atoms with van der Waals surface area (Å²) in [5, 5.41) is 1.38. The molecule has 3 nitrogen and oxygen atoms in total. The zero-order chi connectivity index (χ0) is 19.1. The lowest BCUT2D eigenvalue weighted by Gasteiger charge is -2.30. The number of rotatable bonds is 2. The van der Waals surface area contributed by atoms with Crippen LogP contribution in [0.1, 0.15) is 30.1 Å². The van der Waals surface area contributed by atoms with E-state index < -0.39 is 0 Å². The number of hydrogen-bond acceptors (Lipinski definition) is 2. The standard InChI is InChI=1S/C21H17Cl2IN2O/c1-13(27)26-19-11-10-18(24)12-25(19)20(14-2-6-16(22)7-3-14)21(26)15-4-8-17(23)9-5-15/h2-11,20-21H,12H2,1H3/t20-,21+/m1/s1. The van der Waals surface area contributed by atoms with Gasteiger partial charge in [0.05, 0.1) is 18.6 Å². The summed E-state index contributed by atoms with van der Waals surface area (Å²) in [5.74, 6) is 0.954. The van der Waals surface area contributed by atoms with Crippen molar-refractivity contribution in [2.45, 2.75) is 19.0 Å². The number of carbonyl (C=O) groups excluding carboxylic acids is 1. The fourth-order valence-corrected chi connectivity index (χ4v) is 4.64. The van der Waals surface area contributed by atoms with Gasteiger partial charge < -0.3 is 4.90 Å². The highest BCUT2D eigenvalue weighted by Gasteiger charge is 2.46. The summed E-state index contributed by atoms with van der Waals surface area (Å²) < 4.78 is 1.23. The van der Waals surface area contributed by atoms with E-state index in [0.717, 1.165) is 23.5 Å². The number of fused-ring (bicyclic) bond motifs is 1. The van der Waals surface area contributed by atoms with E-state index in [0.29, 0.717) is 10.0 Å². The number of allylic oxidation sites excluding steroid dienone is 2. The van der Waals surface area contributed by atoms with Crippen molar-refractivity contribution in [2.75, 3.05) is 6.54 Å². The van der Waals surface area contributed by atoms with Crippen molar-refractivity contribution in [3.63, 3.8) is 0 Å². The molecule has 1 amide bonds. The van der Waals surface area contributed by atoms with Crippen molar-refractivity contribution in [1.29, 1.82) is 0 Å². The summed E-state index contributed by atoms with van der Waals surface area (Å²) in [6.07, 6.45) is 4.11. The van der Waals surface area contributed by atoms with E-state index in [9.17, 15) is 4.79 Å². The molecule has 2 aromatic carbocycles. The maximum Gasteiger partial charge on any atom is 0.225 e. The Morgan fingerprint density at radius 1 is 0.926 bits per heavy atom. The zero-order valence-electron chi connectivity index (χ0n) is 14.6. The van der Waals surface area contributed by atoms with Crippen LogP contribution in [0.4, 0.5) is 0 Å². The van der Waals surface area contributed by atoms with Crippen LogP contribution in [0.25, 0.3) is 0 Å². The summed E-state index contributed by atoms with van der Waals surface area (Å²) in [6, 6.07) is 15.5. The molecule has 6 heteroatoms. The van der Waals surface area contributed by atoms with Gasteiger partial charge in [-0.15, -0.1) is 0 Å². The maximum atomic E-state index is 12.7. The second-order valence-corrected chi connectivity index (χ2v) is 8.91. The van der Waals surface area contributed by atoms with Gasteiger partial charge in [0.1, 0.15) is 5.82 Å². The van der Waals surface area contributed by atoms with Gasteiger partial charge in [-0.1, -0.05) is 47.5 Å². The first kappa shape index (κ1) is 18.8. The maximum absolute atomic E-state index is 12.7. The van der Waals surface area contributed by atoms with E-state index in [1.807, 2.05) is 59.5 Å². The van der Waals surface area contributed by atoms with E-state index in [-0.39, 0.29) is 18.0 Å². The molecule has 2 aromatic rings. The first-order chi connectivity index (χ1) is 13.0. The number of hydrogen-bond donors (Lipinski definition) is 0. The Labute approximate surface area is 182 Å². The highest BCUT2D eigenvalue weighted by Crippen LogP contribution is 2.50. The van der Waals surface area contributed by atoms with Gasteiger partial charge in [-0.25, -0.2) is 0 Å². The average Bonchev–Trinajstić information content (AvgIpc) is 2.97. The average molecular weight is 511 g/mol. The minimum atomic E-state index is -0.136. The Balaban J connectivity index is 1.89. The summed E-state index contributed by atoms with van der Waals surface area (Å²) in [5.41, 5.74) is 2.18. The lowest BCUT2D eigenvalue weighted by molar-refractivity contribution is -0.128. The Morgan fingerprint density at radius 2 is 1.44 bits per heavy atom. The molecule has 2 aliphatic heterocycles. The Morgan fingerprint density at radius 3 is 1.96 bits per heavy atom. The molecule has 138 valence electrons. The second-order valence-electron chi connectivity index (χ2n) is 6.65. The summed E-state index contributed by atoms with van der Waals surface area (Å²) in [6.45, 7) is 2.39. The molecule has 2 heterocycles. The molecular formula is C21H17Cl2IN2O. The quantitative estimate of drug-likeness (QED) is 0.455. The Kier molecular flexibility index (Phi) is 5.23. The molecule has 0 aliphatic carbocycles. The molecule has 2 aliphatic rings. The predicted octanol–water partition coefficient (Wildman–Crippen LogP) is 6.11. The van der Waals surface area contributed by atoms with Gasteiger partial charge in [0, 0.05) is 20.5 Å². The summed E-state index contributed by atoms with van der Waals surface area (Å²) in [7, 11) is 0. The van der Waals surface area contributed by atoms with Crippen molar-refractivity contribution < 1.29 is 4.79 Å². The topological polar surface area (TPSA) is 23.6 Å². The third-order valence-corrected chi connectivity index (χ3v) is 6.16. The number of carbonyl (C=O) groups is 1. The molecule has 0 unspecified atom stereocenters. The Bertz CT molecular complexity index is 938. The first-order valence-corrected chi connectivity index (χ1v) is 10.4. The van der Waals surface area contributed by atoms with Crippen molar-refractivity contribution in [3.8, 4) is 0 Å². The number of amides is 1. The van der Waals surface area contributed by atoms with Crippen molar-refractivity contribution in [1.82, 2.24) is 9.80 Å². The molecule has 0 radical (unpaired) electrons. The Hall–Kier alpha value is -1.50. The van der Waals surface area contributed by atoms with Crippen LogP contribution in [0.15, 0.2) is 70.1 Å². The zero-order valence-corrected chi connectivity index (χ0v) is 18.2. The van der Waals surface area contributed by atoms with Crippen molar-refractivity contribution in [3.05, 3.63) is 91.3 Å². The summed E-state index contributed by atoms with van der Waals surface area (Å²) in [4.78, 5) is 16.8. The molecule has 0 aromatic heterocycles. The van der Waals surface area contributed by atoms with Gasteiger partial charge in [-0.3, -0.25) is 9.69 Å². The molecule has 1 fully saturated rings. The van der Waals surface area contributed by atoms with Gasteiger partial charge in [-0.2, -0.15) is 0 Å². The van der Waals surface area contributed by atoms with Gasteiger partial charge in [0.2, 0.25) is 5.91 Å². The van der Waals surface area contributed by atoms with Crippen LogP contribution >= 0.6 is 45.8 Å². The molecule has 1 saturated heterocycles. The number of benzene rings is 2. The van der Waals surface area contributed by atoms with Crippen LogP contribution in [0.3, 0.4) is 0 Å². The lowest BCUT2D eigenvalue weighted by Crippen LogP contribution is -2.30. The number of nitrogens with zero attached hydrogens (tertiary/aromatic N) is 2. The molecule has 0 N–H and O–H groups in total. The fraction of sp³-hybridized carbons (Fsp3) is 0.190. The van der Waals surface area contributed by atoms with E-state index >= 15 is 0 Å². The van der Waals surface area contributed by atoms with Crippen LogP contribution in [0, 0.1) is 0 Å². The minimum Gasteiger partial charge on any atom is -0.344 e. The summed E-state index contributed by atoms with van der Waals surface area (Å²) >= 11 is 14.6. The lowest BCUT2D eigenvalue weighted by atomic mass is 9.93. The molecule has 0 saturated carbocycles. The van der Waals surface area contributed by atoms with E-state index in [1.54, 1.807) is 6.92 Å². The van der Waals surface area contributed by atoms with Gasteiger partial charge in [0.25, 0.3) is 0 Å². The van der Waals surface area contributed by atoms with Crippen LogP contribution in [0.2, 0.25) is 10.0 Å². The largest absolute Gasteiger partial charge is 0.344 e. The fourth-order valence-electron chi connectivity index (χ4n) is 3.84. The molecule has 27 heavy (non-hydrogen) atoms. The normalized spacial score (nSPS) is 21.6. The molecule has 2 atom stereocenters. The van der Waals surface area contributed by atoms with Gasteiger partial charge >= 0.3 is 0 Å². The highest BCUT2D eigenvalue weighted by atomic mass is 127. The van der Waals surface area contributed by atoms with Crippen LogP contribution < -0.4 is 0 Å². The first-order valence-electron chi connectivity index (χ1n) is 8.59. The highest BCUT2D eigenvalue weighted by molar-refractivity contribution is 14.1. The van der Waals surface area contributed by atoms with Crippen LogP contribution in [-0.2, 0) is 4.79 Å². The van der Waals surface area contributed by atoms with Gasteiger partial charge in [-0.05, 0) is 70.1 Å². The molecule has 0 bridgehead atoms. The minimum absolute atomic E-state index is 0.00272.